The van der Waals surface area contributed by atoms with Crippen molar-refractivity contribution in [3.63, 3.8) is 0 Å². The average molecular weight is 396 g/mol. The molecule has 0 fully saturated rings. The summed E-state index contributed by atoms with van der Waals surface area (Å²) in [7, 11) is 1.62. The van der Waals surface area contributed by atoms with E-state index in [1.807, 2.05) is 31.2 Å². The van der Waals surface area contributed by atoms with Gasteiger partial charge >= 0.3 is 0 Å². The Labute approximate surface area is 169 Å². The van der Waals surface area contributed by atoms with Crippen LogP contribution in [0.5, 0.6) is 23.1 Å². The van der Waals surface area contributed by atoms with Crippen LogP contribution in [0, 0.1) is 6.92 Å². The van der Waals surface area contributed by atoms with Crippen LogP contribution in [0.25, 0.3) is 11.4 Å². The summed E-state index contributed by atoms with van der Waals surface area (Å²) >= 11 is 0. The van der Waals surface area contributed by atoms with Crippen LogP contribution in [0.4, 0.5) is 0 Å². The molecule has 0 unspecified atom stereocenters. The number of aromatic hydroxyl groups is 1. The number of aliphatic hydroxyl groups is 1. The Morgan fingerprint density at radius 2 is 1.83 bits per heavy atom. The highest BCUT2D eigenvalue weighted by Gasteiger charge is 2.12. The molecule has 152 valence electrons. The highest BCUT2D eigenvalue weighted by Crippen LogP contribution is 2.29. The molecule has 7 heteroatoms. The van der Waals surface area contributed by atoms with Crippen molar-refractivity contribution >= 4 is 0 Å². The van der Waals surface area contributed by atoms with E-state index < -0.39 is 6.10 Å². The van der Waals surface area contributed by atoms with Crippen LogP contribution in [-0.4, -0.2) is 40.0 Å². The van der Waals surface area contributed by atoms with E-state index in [2.05, 4.69) is 9.97 Å². The number of benzene rings is 2. The minimum absolute atomic E-state index is 0.0208. The van der Waals surface area contributed by atoms with Crippen LogP contribution in [0.15, 0.2) is 48.7 Å². The molecule has 7 nitrogen and oxygen atoms in total. The van der Waals surface area contributed by atoms with Crippen molar-refractivity contribution in [2.75, 3.05) is 13.7 Å². The first-order valence-corrected chi connectivity index (χ1v) is 9.20. The number of aromatic nitrogens is 2. The van der Waals surface area contributed by atoms with Crippen LogP contribution in [0.3, 0.4) is 0 Å². The van der Waals surface area contributed by atoms with Gasteiger partial charge in [0.2, 0.25) is 5.88 Å². The number of aryl methyl sites for hydroxylation is 1. The Kier molecular flexibility index (Phi) is 6.51. The molecular weight excluding hydrogens is 372 g/mol. The number of methoxy groups -OCH3 is 1. The Morgan fingerprint density at radius 3 is 2.52 bits per heavy atom. The Bertz CT molecular complexity index is 960. The van der Waals surface area contributed by atoms with Crippen LogP contribution in [0.1, 0.15) is 18.1 Å². The summed E-state index contributed by atoms with van der Waals surface area (Å²) in [6.45, 7) is 3.82. The van der Waals surface area contributed by atoms with Crippen molar-refractivity contribution in [1.82, 2.24) is 9.97 Å². The summed E-state index contributed by atoms with van der Waals surface area (Å²) in [5, 5.41) is 19.2. The summed E-state index contributed by atoms with van der Waals surface area (Å²) in [5.74, 6) is 2.09. The van der Waals surface area contributed by atoms with E-state index in [9.17, 15) is 5.11 Å². The van der Waals surface area contributed by atoms with Gasteiger partial charge in [0.25, 0.3) is 0 Å². The zero-order valence-corrected chi connectivity index (χ0v) is 16.6. The van der Waals surface area contributed by atoms with Gasteiger partial charge in [-0.1, -0.05) is 12.1 Å². The van der Waals surface area contributed by atoms with Gasteiger partial charge in [0.05, 0.1) is 13.7 Å². The lowest BCUT2D eigenvalue weighted by Gasteiger charge is -2.14. The second kappa shape index (κ2) is 9.25. The number of hydrogen-bond acceptors (Lipinski definition) is 7. The predicted octanol–water partition coefficient (Wildman–Crippen LogP) is 3.50. The topological polar surface area (TPSA) is 93.9 Å². The Balaban J connectivity index is 1.81. The average Bonchev–Trinajstić information content (AvgIpc) is 2.73. The molecule has 1 aromatic heterocycles. The molecule has 1 atom stereocenters. The van der Waals surface area contributed by atoms with Crippen LogP contribution in [0.2, 0.25) is 0 Å². The molecule has 0 aliphatic carbocycles. The monoisotopic (exact) mass is 396 g/mol. The minimum atomic E-state index is -0.396. The zero-order chi connectivity index (χ0) is 20.8. The van der Waals surface area contributed by atoms with Gasteiger partial charge in [-0.25, -0.2) is 4.98 Å². The molecular formula is C22H24N2O5. The van der Waals surface area contributed by atoms with Crippen molar-refractivity contribution in [2.45, 2.75) is 26.6 Å². The molecule has 2 N–H and O–H groups in total. The number of rotatable bonds is 8. The predicted molar refractivity (Wildman–Crippen MR) is 108 cm³/mol. The van der Waals surface area contributed by atoms with Crippen molar-refractivity contribution in [1.29, 1.82) is 0 Å². The quantitative estimate of drug-likeness (QED) is 0.602. The third kappa shape index (κ3) is 5.36. The lowest BCUT2D eigenvalue weighted by atomic mass is 10.2. The molecule has 2 aromatic carbocycles. The molecule has 0 saturated carbocycles. The van der Waals surface area contributed by atoms with E-state index in [1.165, 1.54) is 6.07 Å². The second-order valence-electron chi connectivity index (χ2n) is 6.65. The highest BCUT2D eigenvalue weighted by molar-refractivity contribution is 5.61. The largest absolute Gasteiger partial charge is 0.508 e. The molecule has 1 heterocycles. The van der Waals surface area contributed by atoms with Gasteiger partial charge < -0.3 is 24.4 Å². The molecule has 0 amide bonds. The van der Waals surface area contributed by atoms with E-state index in [4.69, 9.17) is 19.3 Å². The van der Waals surface area contributed by atoms with Crippen LogP contribution < -0.4 is 14.2 Å². The fourth-order valence-corrected chi connectivity index (χ4v) is 2.64. The van der Waals surface area contributed by atoms with E-state index in [1.54, 1.807) is 32.4 Å². The molecule has 0 aliphatic heterocycles. The molecule has 0 spiro atoms. The summed E-state index contributed by atoms with van der Waals surface area (Å²) in [6, 6.07) is 12.3. The van der Waals surface area contributed by atoms with Gasteiger partial charge in [-0.3, -0.25) is 0 Å². The number of phenols is 1. The molecule has 0 aliphatic rings. The van der Waals surface area contributed by atoms with Crippen molar-refractivity contribution in [3.8, 4) is 34.5 Å². The second-order valence-corrected chi connectivity index (χ2v) is 6.65. The van der Waals surface area contributed by atoms with Crippen molar-refractivity contribution in [3.05, 3.63) is 59.8 Å². The number of nitrogens with zero attached hydrogens (tertiary/aromatic N) is 2. The molecule has 0 bridgehead atoms. The molecule has 3 rings (SSSR count). The van der Waals surface area contributed by atoms with E-state index in [-0.39, 0.29) is 12.4 Å². The number of phenolic OH excluding ortho intramolecular Hbond substituents is 1. The van der Waals surface area contributed by atoms with Gasteiger partial charge in [-0.15, -0.1) is 0 Å². The number of ether oxygens (including phenoxy) is 3. The Hall–Kier alpha value is -3.32. The summed E-state index contributed by atoms with van der Waals surface area (Å²) in [6.07, 6.45) is 1.28. The summed E-state index contributed by atoms with van der Waals surface area (Å²) < 4.78 is 16.6. The number of hydrogen-bond donors (Lipinski definition) is 2. The van der Waals surface area contributed by atoms with Gasteiger partial charge in [0.1, 0.15) is 30.0 Å². The van der Waals surface area contributed by atoms with E-state index in [0.717, 1.165) is 16.9 Å². The lowest BCUT2D eigenvalue weighted by Crippen LogP contribution is -2.16. The lowest BCUT2D eigenvalue weighted by molar-refractivity contribution is 0.129. The maximum absolute atomic E-state index is 10.0. The smallest absolute Gasteiger partial charge is 0.220 e. The third-order valence-electron chi connectivity index (χ3n) is 4.20. The fraction of sp³-hybridized carbons (Fsp3) is 0.273. The maximum Gasteiger partial charge on any atom is 0.220 e. The zero-order valence-electron chi connectivity index (χ0n) is 16.6. The first kappa shape index (κ1) is 20.4. The standard InChI is InChI=1S/C22H24N2O5/c1-14-11-23-21(17-8-18(26)10-20(9-17)29-15(2)12-25)24-22(14)28-13-16-4-6-19(27-3)7-5-16/h4-11,15,25-26H,12-13H2,1-3H3/t15-/m0/s1. The van der Waals surface area contributed by atoms with Crippen LogP contribution in [-0.2, 0) is 6.61 Å². The first-order valence-electron chi connectivity index (χ1n) is 9.20. The molecule has 29 heavy (non-hydrogen) atoms. The summed E-state index contributed by atoms with van der Waals surface area (Å²) in [4.78, 5) is 8.84. The highest BCUT2D eigenvalue weighted by atomic mass is 16.5. The van der Waals surface area contributed by atoms with Crippen molar-refractivity contribution < 1.29 is 24.4 Å². The van der Waals surface area contributed by atoms with Gasteiger partial charge in [-0.05, 0) is 43.7 Å². The minimum Gasteiger partial charge on any atom is -0.508 e. The maximum atomic E-state index is 10.0. The van der Waals surface area contributed by atoms with Gasteiger partial charge in [0.15, 0.2) is 5.82 Å². The molecule has 0 saturated heterocycles. The van der Waals surface area contributed by atoms with Crippen molar-refractivity contribution in [2.24, 2.45) is 0 Å². The van der Waals surface area contributed by atoms with Crippen LogP contribution >= 0.6 is 0 Å². The van der Waals surface area contributed by atoms with E-state index >= 15 is 0 Å². The van der Waals surface area contributed by atoms with Gasteiger partial charge in [0, 0.05) is 23.4 Å². The first-order chi connectivity index (χ1) is 14.0. The number of aliphatic hydroxyl groups excluding tert-OH is 1. The Morgan fingerprint density at radius 1 is 1.07 bits per heavy atom. The summed E-state index contributed by atoms with van der Waals surface area (Å²) in [5.41, 5.74) is 2.36. The third-order valence-corrected chi connectivity index (χ3v) is 4.20. The molecule has 3 aromatic rings. The molecule has 0 radical (unpaired) electrons. The SMILES string of the molecule is COc1ccc(COc2nc(-c3cc(O)cc(O[C@@H](C)CO)c3)ncc2C)cc1. The van der Waals surface area contributed by atoms with E-state index in [0.29, 0.717) is 29.6 Å². The van der Waals surface area contributed by atoms with Gasteiger partial charge in [-0.2, -0.15) is 4.98 Å². The normalized spacial score (nSPS) is 11.7. The fourth-order valence-electron chi connectivity index (χ4n) is 2.64.